The van der Waals surface area contributed by atoms with Crippen LogP contribution in [0.1, 0.15) is 5.56 Å². The fourth-order valence-electron chi connectivity index (χ4n) is 3.12. The van der Waals surface area contributed by atoms with E-state index in [9.17, 15) is 9.18 Å². The van der Waals surface area contributed by atoms with Crippen molar-refractivity contribution in [3.05, 3.63) is 53.8 Å². The molecule has 0 saturated carbocycles. The number of thiazole rings is 1. The van der Waals surface area contributed by atoms with E-state index in [0.29, 0.717) is 0 Å². The van der Waals surface area contributed by atoms with E-state index in [1.54, 1.807) is 23.5 Å². The molecule has 1 aliphatic heterocycles. The van der Waals surface area contributed by atoms with Crippen molar-refractivity contribution < 1.29 is 9.18 Å². The molecule has 1 saturated heterocycles. The second-order valence-corrected chi connectivity index (χ2v) is 7.83. The van der Waals surface area contributed by atoms with E-state index in [1.807, 2.05) is 18.2 Å². The lowest BCUT2D eigenvalue weighted by Gasteiger charge is -2.31. The first-order valence-corrected chi connectivity index (χ1v) is 9.77. The summed E-state index contributed by atoms with van der Waals surface area (Å²) in [5.74, 6) is -0.421. The van der Waals surface area contributed by atoms with Gasteiger partial charge in [0.1, 0.15) is 5.82 Å². The highest BCUT2D eigenvalue weighted by molar-refractivity contribution is 7.22. The summed E-state index contributed by atoms with van der Waals surface area (Å²) in [7, 11) is 2.14. The van der Waals surface area contributed by atoms with Gasteiger partial charge in [-0.25, -0.2) is 9.37 Å². The predicted octanol–water partition coefficient (Wildman–Crippen LogP) is 3.37. The number of fused-ring (bicyclic) bond motifs is 1. The summed E-state index contributed by atoms with van der Waals surface area (Å²) in [6.45, 7) is 4.05. The predicted molar refractivity (Wildman–Crippen MR) is 108 cm³/mol. The van der Waals surface area contributed by atoms with E-state index in [2.05, 4.69) is 22.2 Å². The van der Waals surface area contributed by atoms with E-state index < -0.39 is 0 Å². The lowest BCUT2D eigenvalue weighted by Crippen LogP contribution is -2.44. The lowest BCUT2D eigenvalue weighted by molar-refractivity contribution is -0.115. The highest BCUT2D eigenvalue weighted by Gasteiger charge is 2.17. The fourth-order valence-corrected chi connectivity index (χ4v) is 4.17. The number of benzene rings is 2. The van der Waals surface area contributed by atoms with E-state index in [1.165, 1.54) is 12.1 Å². The maximum Gasteiger partial charge on any atom is 0.228 e. The number of carbonyl (C=O) groups is 1. The zero-order valence-corrected chi connectivity index (χ0v) is 15.9. The van der Waals surface area contributed by atoms with Crippen molar-refractivity contribution in [2.24, 2.45) is 0 Å². The summed E-state index contributed by atoms with van der Waals surface area (Å²) >= 11 is 1.66. The SMILES string of the molecule is CN1CCN(c2nc3ccc(NC(=O)Cc4ccc(F)cc4)cc3s2)CC1. The Hall–Kier alpha value is -2.51. The minimum atomic E-state index is -0.300. The fraction of sp³-hybridized carbons (Fsp3) is 0.300. The molecule has 1 N–H and O–H groups in total. The number of hydrogen-bond acceptors (Lipinski definition) is 5. The molecule has 2 heterocycles. The van der Waals surface area contributed by atoms with Crippen LogP contribution in [-0.2, 0) is 11.2 Å². The van der Waals surface area contributed by atoms with Gasteiger partial charge < -0.3 is 15.1 Å². The normalized spacial score (nSPS) is 15.3. The van der Waals surface area contributed by atoms with E-state index in [4.69, 9.17) is 4.98 Å². The van der Waals surface area contributed by atoms with Gasteiger partial charge >= 0.3 is 0 Å². The number of nitrogens with one attached hydrogen (secondary N) is 1. The Bertz CT molecular complexity index is 948. The van der Waals surface area contributed by atoms with Crippen molar-refractivity contribution >= 4 is 38.3 Å². The number of amides is 1. The van der Waals surface area contributed by atoms with E-state index >= 15 is 0 Å². The van der Waals surface area contributed by atoms with Gasteiger partial charge in [0.25, 0.3) is 0 Å². The number of halogens is 1. The Morgan fingerprint density at radius 2 is 1.89 bits per heavy atom. The van der Waals surface area contributed by atoms with Gasteiger partial charge in [0.05, 0.1) is 16.6 Å². The number of rotatable bonds is 4. The molecule has 1 aromatic heterocycles. The van der Waals surface area contributed by atoms with Crippen molar-refractivity contribution in [2.75, 3.05) is 43.4 Å². The topological polar surface area (TPSA) is 48.5 Å². The third kappa shape index (κ3) is 4.26. The molecule has 0 spiro atoms. The van der Waals surface area contributed by atoms with Crippen LogP contribution < -0.4 is 10.2 Å². The van der Waals surface area contributed by atoms with Gasteiger partial charge in [-0.1, -0.05) is 23.5 Å². The largest absolute Gasteiger partial charge is 0.345 e. The average Bonchev–Trinajstić information content (AvgIpc) is 3.07. The number of hydrogen-bond donors (Lipinski definition) is 1. The molecule has 0 unspecified atom stereocenters. The van der Waals surface area contributed by atoms with E-state index in [0.717, 1.165) is 52.8 Å². The van der Waals surface area contributed by atoms with Crippen LogP contribution >= 0.6 is 11.3 Å². The maximum absolute atomic E-state index is 13.0. The van der Waals surface area contributed by atoms with Gasteiger partial charge in [0.2, 0.25) is 5.91 Å². The summed E-state index contributed by atoms with van der Waals surface area (Å²) in [4.78, 5) is 21.6. The molecular weight excluding hydrogens is 363 g/mol. The lowest BCUT2D eigenvalue weighted by atomic mass is 10.1. The van der Waals surface area contributed by atoms with Gasteiger partial charge in [0, 0.05) is 31.9 Å². The standard InChI is InChI=1S/C20H21FN4OS/c1-24-8-10-25(11-9-24)20-23-17-7-6-16(13-18(17)27-20)22-19(26)12-14-2-4-15(21)5-3-14/h2-7,13H,8-12H2,1H3,(H,22,26). The van der Waals surface area contributed by atoms with Crippen LogP contribution in [0.4, 0.5) is 15.2 Å². The second-order valence-electron chi connectivity index (χ2n) is 6.82. The van der Waals surface area contributed by atoms with Crippen molar-refractivity contribution in [1.29, 1.82) is 0 Å². The van der Waals surface area contributed by atoms with Crippen LogP contribution in [-0.4, -0.2) is 49.0 Å². The Morgan fingerprint density at radius 1 is 1.15 bits per heavy atom. The van der Waals surface area contributed by atoms with Crippen LogP contribution in [0.3, 0.4) is 0 Å². The van der Waals surface area contributed by atoms with Crippen LogP contribution in [0, 0.1) is 5.82 Å². The number of piperazine rings is 1. The van der Waals surface area contributed by atoms with Crippen molar-refractivity contribution in [1.82, 2.24) is 9.88 Å². The van der Waals surface area contributed by atoms with Gasteiger partial charge in [-0.3, -0.25) is 4.79 Å². The summed E-state index contributed by atoms with van der Waals surface area (Å²) in [5.41, 5.74) is 2.48. The quantitative estimate of drug-likeness (QED) is 0.749. The number of carbonyl (C=O) groups excluding carboxylic acids is 1. The molecule has 0 radical (unpaired) electrons. The third-order valence-electron chi connectivity index (χ3n) is 4.71. The molecule has 1 aliphatic rings. The molecular formula is C20H21FN4OS. The van der Waals surface area contributed by atoms with Gasteiger partial charge in [-0.05, 0) is 42.9 Å². The molecule has 4 rings (SSSR count). The smallest absolute Gasteiger partial charge is 0.228 e. The molecule has 1 amide bonds. The first-order valence-electron chi connectivity index (χ1n) is 8.95. The Kier molecular flexibility index (Phi) is 5.05. The van der Waals surface area contributed by atoms with Crippen molar-refractivity contribution in [3.8, 4) is 0 Å². The number of likely N-dealkylation sites (N-methyl/N-ethyl adjacent to an activating group) is 1. The third-order valence-corrected chi connectivity index (χ3v) is 5.79. The molecule has 140 valence electrons. The average molecular weight is 384 g/mol. The highest BCUT2D eigenvalue weighted by atomic mass is 32.1. The van der Waals surface area contributed by atoms with Crippen LogP contribution in [0.15, 0.2) is 42.5 Å². The highest BCUT2D eigenvalue weighted by Crippen LogP contribution is 2.31. The number of nitrogens with zero attached hydrogens (tertiary/aromatic N) is 3. The van der Waals surface area contributed by atoms with Crippen LogP contribution in [0.25, 0.3) is 10.2 Å². The molecule has 1 fully saturated rings. The Morgan fingerprint density at radius 3 is 2.63 bits per heavy atom. The van der Waals surface area contributed by atoms with Crippen molar-refractivity contribution in [2.45, 2.75) is 6.42 Å². The molecule has 0 atom stereocenters. The molecule has 27 heavy (non-hydrogen) atoms. The van der Waals surface area contributed by atoms with Crippen LogP contribution in [0.5, 0.6) is 0 Å². The molecule has 3 aromatic rings. The Labute approximate surface area is 161 Å². The first-order chi connectivity index (χ1) is 13.1. The summed E-state index contributed by atoms with van der Waals surface area (Å²) in [6.07, 6.45) is 0.216. The number of anilines is 2. The molecule has 2 aromatic carbocycles. The summed E-state index contributed by atoms with van der Waals surface area (Å²) < 4.78 is 14.0. The monoisotopic (exact) mass is 384 g/mol. The van der Waals surface area contributed by atoms with Gasteiger partial charge in [0.15, 0.2) is 5.13 Å². The Balaban J connectivity index is 1.45. The first kappa shape index (κ1) is 17.9. The maximum atomic E-state index is 13.0. The van der Waals surface area contributed by atoms with Crippen LogP contribution in [0.2, 0.25) is 0 Å². The zero-order valence-electron chi connectivity index (χ0n) is 15.1. The molecule has 7 heteroatoms. The summed E-state index contributed by atoms with van der Waals surface area (Å²) in [5, 5.41) is 3.95. The molecule has 0 bridgehead atoms. The minimum Gasteiger partial charge on any atom is -0.345 e. The minimum absolute atomic E-state index is 0.121. The van der Waals surface area contributed by atoms with Gasteiger partial charge in [-0.15, -0.1) is 0 Å². The van der Waals surface area contributed by atoms with E-state index in [-0.39, 0.29) is 18.1 Å². The molecule has 0 aliphatic carbocycles. The zero-order chi connectivity index (χ0) is 18.8. The number of aromatic nitrogens is 1. The van der Waals surface area contributed by atoms with Gasteiger partial charge in [-0.2, -0.15) is 0 Å². The molecule has 5 nitrogen and oxygen atoms in total. The summed E-state index contributed by atoms with van der Waals surface area (Å²) in [6, 6.07) is 11.8. The second kappa shape index (κ2) is 7.62. The van der Waals surface area contributed by atoms with Crippen molar-refractivity contribution in [3.63, 3.8) is 0 Å².